The van der Waals surface area contributed by atoms with Crippen molar-refractivity contribution in [2.24, 2.45) is 0 Å². The third kappa shape index (κ3) is 6.24. The Bertz CT molecular complexity index is 1490. The number of ether oxygens (including phenoxy) is 1. The van der Waals surface area contributed by atoms with Gasteiger partial charge in [-0.25, -0.2) is 17.9 Å². The summed E-state index contributed by atoms with van der Waals surface area (Å²) in [5, 5.41) is 2.62. The molecule has 37 heavy (non-hydrogen) atoms. The number of hydrogen-bond acceptors (Lipinski definition) is 7. The Morgan fingerprint density at radius 2 is 1.59 bits per heavy atom. The molecule has 2 aromatic carbocycles. The van der Waals surface area contributed by atoms with Crippen molar-refractivity contribution < 1.29 is 22.7 Å². The first-order valence-corrected chi connectivity index (χ1v) is 12.9. The summed E-state index contributed by atoms with van der Waals surface area (Å²) >= 11 is 0. The second-order valence-electron chi connectivity index (χ2n) is 7.85. The fourth-order valence-corrected chi connectivity index (χ4v) is 4.77. The zero-order valence-electron chi connectivity index (χ0n) is 19.9. The number of sulfonamides is 1. The average Bonchev–Trinajstić information content (AvgIpc) is 2.93. The van der Waals surface area contributed by atoms with Crippen LogP contribution in [0.25, 0.3) is 11.1 Å². The fourth-order valence-electron chi connectivity index (χ4n) is 3.57. The summed E-state index contributed by atoms with van der Waals surface area (Å²) in [5.41, 5.74) is 2.50. The molecule has 0 fully saturated rings. The smallest absolute Gasteiger partial charge is 0.340 e. The van der Waals surface area contributed by atoms with Crippen LogP contribution in [0, 0.1) is 0 Å². The van der Waals surface area contributed by atoms with Gasteiger partial charge in [0.1, 0.15) is 4.90 Å². The Morgan fingerprint density at radius 3 is 2.27 bits per heavy atom. The molecule has 4 aromatic rings. The van der Waals surface area contributed by atoms with E-state index in [1.54, 1.807) is 61.9 Å². The van der Waals surface area contributed by atoms with Crippen LogP contribution in [-0.4, -0.2) is 36.9 Å². The van der Waals surface area contributed by atoms with Crippen molar-refractivity contribution in [1.29, 1.82) is 0 Å². The van der Waals surface area contributed by atoms with Gasteiger partial charge in [0.25, 0.3) is 5.91 Å². The molecule has 1 amide bonds. The van der Waals surface area contributed by atoms with Crippen LogP contribution >= 0.6 is 0 Å². The van der Waals surface area contributed by atoms with Crippen molar-refractivity contribution in [3.63, 3.8) is 0 Å². The standard InChI is InChI=1S/C27H24N4O5S/c1-2-36-27(33)23-6-3-7-24(37(34,35)30-18-19-5-4-14-29-17-19)25(23)31-26(32)22-10-8-20(9-11-22)21-12-15-28-16-13-21/h3-17,30H,2,18H2,1H3,(H,31,32). The summed E-state index contributed by atoms with van der Waals surface area (Å²) in [6.45, 7) is 1.69. The van der Waals surface area contributed by atoms with Crippen LogP contribution in [0.2, 0.25) is 0 Å². The number of aromatic nitrogens is 2. The molecule has 2 heterocycles. The highest BCUT2D eigenvalue weighted by Gasteiger charge is 2.26. The van der Waals surface area contributed by atoms with Crippen molar-refractivity contribution in [2.75, 3.05) is 11.9 Å². The van der Waals surface area contributed by atoms with Crippen LogP contribution in [-0.2, 0) is 21.3 Å². The molecule has 9 nitrogen and oxygen atoms in total. The van der Waals surface area contributed by atoms with Crippen LogP contribution in [0.1, 0.15) is 33.2 Å². The van der Waals surface area contributed by atoms with Crippen LogP contribution in [0.3, 0.4) is 0 Å². The summed E-state index contributed by atoms with van der Waals surface area (Å²) < 4.78 is 34.1. The lowest BCUT2D eigenvalue weighted by atomic mass is 10.0. The number of anilines is 1. The highest BCUT2D eigenvalue weighted by molar-refractivity contribution is 7.89. The van der Waals surface area contributed by atoms with Gasteiger partial charge in [-0.1, -0.05) is 24.3 Å². The number of nitrogens with one attached hydrogen (secondary N) is 2. The van der Waals surface area contributed by atoms with E-state index in [0.29, 0.717) is 5.56 Å². The molecule has 0 radical (unpaired) electrons. The summed E-state index contributed by atoms with van der Waals surface area (Å²) in [6, 6.07) is 18.0. The van der Waals surface area contributed by atoms with Gasteiger partial charge in [0.05, 0.1) is 17.9 Å². The highest BCUT2D eigenvalue weighted by atomic mass is 32.2. The Labute approximate surface area is 214 Å². The van der Waals surface area contributed by atoms with Gasteiger partial charge in [0.2, 0.25) is 10.0 Å². The third-order valence-corrected chi connectivity index (χ3v) is 6.84. The first-order valence-electron chi connectivity index (χ1n) is 11.4. The molecule has 188 valence electrons. The van der Waals surface area contributed by atoms with Crippen molar-refractivity contribution >= 4 is 27.6 Å². The molecular formula is C27H24N4O5S. The van der Waals surface area contributed by atoms with Gasteiger partial charge in [-0.15, -0.1) is 0 Å². The molecule has 2 aromatic heterocycles. The average molecular weight is 517 g/mol. The summed E-state index contributed by atoms with van der Waals surface area (Å²) in [5.74, 6) is -1.34. The molecule has 2 N–H and O–H groups in total. The van der Waals surface area contributed by atoms with Crippen LogP contribution in [0.5, 0.6) is 0 Å². The minimum absolute atomic E-state index is 0.0241. The Morgan fingerprint density at radius 1 is 0.865 bits per heavy atom. The maximum absolute atomic E-state index is 13.2. The monoisotopic (exact) mass is 516 g/mol. The van der Waals surface area contributed by atoms with Crippen molar-refractivity contribution in [1.82, 2.24) is 14.7 Å². The van der Waals surface area contributed by atoms with Crippen molar-refractivity contribution in [3.05, 3.63) is 108 Å². The summed E-state index contributed by atoms with van der Waals surface area (Å²) in [4.78, 5) is 33.5. The zero-order valence-corrected chi connectivity index (χ0v) is 20.7. The molecule has 10 heteroatoms. The molecule has 0 spiro atoms. The predicted molar refractivity (Wildman–Crippen MR) is 138 cm³/mol. The van der Waals surface area contributed by atoms with E-state index in [4.69, 9.17) is 4.74 Å². The molecule has 0 aliphatic carbocycles. The van der Waals surface area contributed by atoms with Crippen LogP contribution in [0.15, 0.2) is 96.4 Å². The number of benzene rings is 2. The minimum Gasteiger partial charge on any atom is -0.462 e. The maximum Gasteiger partial charge on any atom is 0.340 e. The Hall–Kier alpha value is -4.41. The number of rotatable bonds is 9. The van der Waals surface area contributed by atoms with Gasteiger partial charge in [-0.05, 0) is 66.1 Å². The van der Waals surface area contributed by atoms with Gasteiger partial charge in [-0.2, -0.15) is 0 Å². The highest BCUT2D eigenvalue weighted by Crippen LogP contribution is 2.28. The third-order valence-electron chi connectivity index (χ3n) is 5.40. The number of esters is 1. The number of hydrogen-bond donors (Lipinski definition) is 2. The lowest BCUT2D eigenvalue weighted by Gasteiger charge is -2.16. The zero-order chi connectivity index (χ0) is 26.3. The van der Waals surface area contributed by atoms with Crippen LogP contribution in [0.4, 0.5) is 5.69 Å². The Kier molecular flexibility index (Phi) is 8.02. The van der Waals surface area contributed by atoms with Crippen LogP contribution < -0.4 is 10.0 Å². The normalized spacial score (nSPS) is 11.1. The second-order valence-corrected chi connectivity index (χ2v) is 9.59. The topological polar surface area (TPSA) is 127 Å². The van der Waals surface area contributed by atoms with E-state index in [9.17, 15) is 18.0 Å². The molecule has 0 unspecified atom stereocenters. The molecular weight excluding hydrogens is 492 g/mol. The number of carbonyl (C=O) groups is 2. The number of amides is 1. The van der Waals surface area contributed by atoms with E-state index in [0.717, 1.165) is 11.1 Å². The fraction of sp³-hybridized carbons (Fsp3) is 0.111. The molecule has 4 rings (SSSR count). The van der Waals surface area contributed by atoms with Gasteiger partial charge in [-0.3, -0.25) is 14.8 Å². The molecule has 0 aliphatic rings. The minimum atomic E-state index is -4.14. The summed E-state index contributed by atoms with van der Waals surface area (Å²) in [6.07, 6.45) is 6.47. The quantitative estimate of drug-likeness (QED) is 0.321. The SMILES string of the molecule is CCOC(=O)c1cccc(S(=O)(=O)NCc2cccnc2)c1NC(=O)c1ccc(-c2ccncc2)cc1. The second kappa shape index (κ2) is 11.5. The van der Waals surface area contributed by atoms with Gasteiger partial charge in [0.15, 0.2) is 0 Å². The number of pyridine rings is 2. The van der Waals surface area contributed by atoms with Crippen molar-refractivity contribution in [2.45, 2.75) is 18.4 Å². The maximum atomic E-state index is 13.2. The van der Waals surface area contributed by atoms with E-state index in [-0.39, 0.29) is 34.9 Å². The lowest BCUT2D eigenvalue weighted by Crippen LogP contribution is -2.26. The molecule has 0 saturated carbocycles. The van der Waals surface area contributed by atoms with Gasteiger partial charge >= 0.3 is 5.97 Å². The Balaban J connectivity index is 1.65. The van der Waals surface area contributed by atoms with Crippen molar-refractivity contribution in [3.8, 4) is 11.1 Å². The molecule has 0 saturated heterocycles. The molecule has 0 bridgehead atoms. The molecule has 0 aliphatic heterocycles. The number of nitrogens with zero attached hydrogens (tertiary/aromatic N) is 2. The summed E-state index contributed by atoms with van der Waals surface area (Å²) in [7, 11) is -4.14. The first kappa shape index (κ1) is 25.7. The first-order chi connectivity index (χ1) is 17.9. The molecule has 0 atom stereocenters. The van der Waals surface area contributed by atoms with E-state index < -0.39 is 21.9 Å². The lowest BCUT2D eigenvalue weighted by molar-refractivity contribution is 0.0527. The number of para-hydroxylation sites is 1. The van der Waals surface area contributed by atoms with Gasteiger partial charge < -0.3 is 10.1 Å². The number of carbonyl (C=O) groups excluding carboxylic acids is 2. The van der Waals surface area contributed by atoms with Gasteiger partial charge in [0, 0.05) is 36.9 Å². The largest absolute Gasteiger partial charge is 0.462 e. The predicted octanol–water partition coefficient (Wildman–Crippen LogP) is 4.05. The van der Waals surface area contributed by atoms with E-state index in [2.05, 4.69) is 20.0 Å². The van der Waals surface area contributed by atoms with E-state index in [1.165, 1.54) is 24.4 Å². The van der Waals surface area contributed by atoms with E-state index >= 15 is 0 Å². The van der Waals surface area contributed by atoms with E-state index in [1.807, 2.05) is 12.1 Å².